The second-order valence-corrected chi connectivity index (χ2v) is 5.29. The molecular weight excluding hydrogens is 285 g/mol. The van der Waals surface area contributed by atoms with Gasteiger partial charge in [-0.05, 0) is 25.5 Å². The van der Waals surface area contributed by atoms with Crippen molar-refractivity contribution in [1.29, 1.82) is 0 Å². The molecule has 1 aromatic carbocycles. The van der Waals surface area contributed by atoms with Crippen LogP contribution in [0.5, 0.6) is 10.8 Å². The molecule has 7 heteroatoms. The molecule has 0 bridgehead atoms. The van der Waals surface area contributed by atoms with E-state index in [1.165, 1.54) is 19.1 Å². The standard InChI is InChI=1S/C13H12FNO4S/c1-7-4-3-5-10(12(7)14)19-13-9(15(17)18)6-11(20-13)8(2)16/h3-6,8,16H,1-2H3/t8-/m0/s1. The summed E-state index contributed by atoms with van der Waals surface area (Å²) in [6.45, 7) is 3.07. The molecule has 0 aliphatic rings. The molecule has 1 aromatic heterocycles. The highest BCUT2D eigenvalue weighted by molar-refractivity contribution is 7.14. The fourth-order valence-corrected chi connectivity index (χ4v) is 2.51. The summed E-state index contributed by atoms with van der Waals surface area (Å²) in [5, 5.41) is 20.4. The molecule has 5 nitrogen and oxygen atoms in total. The number of nitrogens with zero attached hydrogens (tertiary/aromatic N) is 1. The van der Waals surface area contributed by atoms with Crippen molar-refractivity contribution in [3.63, 3.8) is 0 Å². The molecule has 0 fully saturated rings. The molecule has 0 unspecified atom stereocenters. The van der Waals surface area contributed by atoms with Gasteiger partial charge in [0.25, 0.3) is 5.06 Å². The number of ether oxygens (including phenoxy) is 1. The highest BCUT2D eigenvalue weighted by Gasteiger charge is 2.24. The van der Waals surface area contributed by atoms with E-state index in [0.29, 0.717) is 10.4 Å². The monoisotopic (exact) mass is 297 g/mol. The van der Waals surface area contributed by atoms with Crippen LogP contribution >= 0.6 is 11.3 Å². The van der Waals surface area contributed by atoms with E-state index in [2.05, 4.69) is 0 Å². The summed E-state index contributed by atoms with van der Waals surface area (Å²) in [4.78, 5) is 10.7. The van der Waals surface area contributed by atoms with Crippen LogP contribution in [-0.2, 0) is 0 Å². The maximum atomic E-state index is 13.8. The van der Waals surface area contributed by atoms with Gasteiger partial charge in [-0.3, -0.25) is 10.1 Å². The first-order valence-corrected chi connectivity index (χ1v) is 6.61. The van der Waals surface area contributed by atoms with E-state index in [-0.39, 0.29) is 16.5 Å². The Morgan fingerprint density at radius 1 is 1.50 bits per heavy atom. The van der Waals surface area contributed by atoms with Gasteiger partial charge >= 0.3 is 5.69 Å². The molecule has 0 saturated heterocycles. The third-order valence-corrected chi connectivity index (χ3v) is 3.84. The Morgan fingerprint density at radius 2 is 2.20 bits per heavy atom. The van der Waals surface area contributed by atoms with Gasteiger partial charge in [-0.1, -0.05) is 23.5 Å². The van der Waals surface area contributed by atoms with Gasteiger partial charge in [0.1, 0.15) is 0 Å². The van der Waals surface area contributed by atoms with Crippen LogP contribution < -0.4 is 4.74 Å². The van der Waals surface area contributed by atoms with Crippen LogP contribution in [0.3, 0.4) is 0 Å². The van der Waals surface area contributed by atoms with Crippen LogP contribution in [0.1, 0.15) is 23.5 Å². The molecule has 0 radical (unpaired) electrons. The van der Waals surface area contributed by atoms with Crippen LogP contribution in [0.15, 0.2) is 24.3 Å². The Bertz CT molecular complexity index is 654. The van der Waals surface area contributed by atoms with Crippen LogP contribution in [0.4, 0.5) is 10.1 Å². The van der Waals surface area contributed by atoms with E-state index >= 15 is 0 Å². The first-order chi connectivity index (χ1) is 9.40. The lowest BCUT2D eigenvalue weighted by molar-refractivity contribution is -0.385. The summed E-state index contributed by atoms with van der Waals surface area (Å²) in [6.07, 6.45) is -0.849. The van der Waals surface area contributed by atoms with Gasteiger partial charge in [0.05, 0.1) is 11.0 Å². The second-order valence-electron chi connectivity index (χ2n) is 4.24. The molecule has 0 amide bonds. The zero-order valence-corrected chi connectivity index (χ0v) is 11.6. The predicted molar refractivity (Wildman–Crippen MR) is 72.8 cm³/mol. The quantitative estimate of drug-likeness (QED) is 0.685. The number of halogens is 1. The molecule has 0 saturated carbocycles. The Balaban J connectivity index is 2.42. The lowest BCUT2D eigenvalue weighted by atomic mass is 10.2. The van der Waals surface area contributed by atoms with Gasteiger partial charge in [0.2, 0.25) is 0 Å². The summed E-state index contributed by atoms with van der Waals surface area (Å²) in [6, 6.07) is 5.81. The van der Waals surface area contributed by atoms with Crippen molar-refractivity contribution in [2.45, 2.75) is 20.0 Å². The third kappa shape index (κ3) is 2.78. The van der Waals surface area contributed by atoms with E-state index in [1.807, 2.05) is 0 Å². The van der Waals surface area contributed by atoms with Crippen LogP contribution in [0.2, 0.25) is 0 Å². The van der Waals surface area contributed by atoms with Gasteiger partial charge in [0.15, 0.2) is 11.6 Å². The van der Waals surface area contributed by atoms with Crippen molar-refractivity contribution >= 4 is 17.0 Å². The van der Waals surface area contributed by atoms with E-state index < -0.39 is 16.8 Å². The highest BCUT2D eigenvalue weighted by atomic mass is 32.1. The Labute approximate surface area is 118 Å². The molecule has 1 heterocycles. The lowest BCUT2D eigenvalue weighted by Crippen LogP contribution is -1.92. The summed E-state index contributed by atoms with van der Waals surface area (Å²) in [7, 11) is 0. The van der Waals surface area contributed by atoms with Crippen molar-refractivity contribution < 1.29 is 19.2 Å². The van der Waals surface area contributed by atoms with E-state index in [1.54, 1.807) is 19.1 Å². The summed E-state index contributed by atoms with van der Waals surface area (Å²) >= 11 is 0.925. The molecular formula is C13H12FNO4S. The number of aliphatic hydroxyl groups excluding tert-OH is 1. The molecule has 1 N–H and O–H groups in total. The number of aryl methyl sites for hydroxylation is 1. The summed E-state index contributed by atoms with van der Waals surface area (Å²) in [5.74, 6) is -0.638. The normalized spacial score (nSPS) is 12.2. The van der Waals surface area contributed by atoms with Crippen molar-refractivity contribution in [3.05, 3.63) is 50.6 Å². The van der Waals surface area contributed by atoms with Crippen molar-refractivity contribution in [2.75, 3.05) is 0 Å². The minimum Gasteiger partial charge on any atom is -0.437 e. The van der Waals surface area contributed by atoms with Crippen molar-refractivity contribution in [2.24, 2.45) is 0 Å². The molecule has 20 heavy (non-hydrogen) atoms. The largest absolute Gasteiger partial charge is 0.437 e. The first-order valence-electron chi connectivity index (χ1n) is 5.79. The Hall–Kier alpha value is -1.99. The predicted octanol–water partition coefficient (Wildman–Crippen LogP) is 3.95. The average Bonchev–Trinajstić information content (AvgIpc) is 2.79. The number of hydrogen-bond acceptors (Lipinski definition) is 5. The summed E-state index contributed by atoms with van der Waals surface area (Å²) < 4.78 is 19.1. The average molecular weight is 297 g/mol. The van der Waals surface area contributed by atoms with Crippen molar-refractivity contribution in [3.8, 4) is 10.8 Å². The number of aliphatic hydroxyl groups is 1. The second kappa shape index (κ2) is 5.56. The topological polar surface area (TPSA) is 72.6 Å². The molecule has 1 atom stereocenters. The van der Waals surface area contributed by atoms with E-state index in [0.717, 1.165) is 11.3 Å². The van der Waals surface area contributed by atoms with Gasteiger partial charge in [0, 0.05) is 10.9 Å². The zero-order chi connectivity index (χ0) is 14.9. The van der Waals surface area contributed by atoms with Crippen LogP contribution in [0, 0.1) is 22.9 Å². The van der Waals surface area contributed by atoms with Gasteiger partial charge in [-0.15, -0.1) is 0 Å². The Morgan fingerprint density at radius 3 is 2.80 bits per heavy atom. The highest BCUT2D eigenvalue weighted by Crippen LogP contribution is 2.42. The minimum atomic E-state index is -0.849. The molecule has 2 aromatic rings. The smallest absolute Gasteiger partial charge is 0.323 e. The molecule has 106 valence electrons. The fourth-order valence-electron chi connectivity index (χ4n) is 1.59. The molecule has 2 rings (SSSR count). The first kappa shape index (κ1) is 14.4. The fraction of sp³-hybridized carbons (Fsp3) is 0.231. The summed E-state index contributed by atoms with van der Waals surface area (Å²) in [5.41, 5.74) is 0.101. The SMILES string of the molecule is Cc1cccc(Oc2sc([C@H](C)O)cc2[N+](=O)[O-])c1F. The zero-order valence-electron chi connectivity index (χ0n) is 10.8. The number of rotatable bonds is 4. The molecule has 0 aliphatic heterocycles. The minimum absolute atomic E-state index is 0.0459. The molecule has 0 aliphatic carbocycles. The maximum Gasteiger partial charge on any atom is 0.323 e. The molecule has 0 spiro atoms. The van der Waals surface area contributed by atoms with E-state index in [9.17, 15) is 19.6 Å². The number of benzene rings is 1. The Kier molecular flexibility index (Phi) is 4.01. The number of hydrogen-bond donors (Lipinski definition) is 1. The van der Waals surface area contributed by atoms with E-state index in [4.69, 9.17) is 4.74 Å². The third-order valence-electron chi connectivity index (χ3n) is 2.67. The van der Waals surface area contributed by atoms with Crippen molar-refractivity contribution in [1.82, 2.24) is 0 Å². The number of thiophene rings is 1. The lowest BCUT2D eigenvalue weighted by Gasteiger charge is -2.05. The number of nitro groups is 1. The van der Waals surface area contributed by atoms with Crippen LogP contribution in [0.25, 0.3) is 0 Å². The van der Waals surface area contributed by atoms with Gasteiger partial charge < -0.3 is 9.84 Å². The maximum absolute atomic E-state index is 13.8. The van der Waals surface area contributed by atoms with Crippen LogP contribution in [-0.4, -0.2) is 10.0 Å². The van der Waals surface area contributed by atoms with Gasteiger partial charge in [-0.25, -0.2) is 4.39 Å². The van der Waals surface area contributed by atoms with Gasteiger partial charge in [-0.2, -0.15) is 0 Å².